The van der Waals surface area contributed by atoms with Crippen LogP contribution < -0.4 is 5.32 Å². The van der Waals surface area contributed by atoms with Crippen LogP contribution in [0.1, 0.15) is 83.3 Å². The number of hydrogen-bond acceptors (Lipinski definition) is 3. The number of carbonyl (C=O) groups is 1. The summed E-state index contributed by atoms with van der Waals surface area (Å²) in [6, 6.07) is 9.40. The van der Waals surface area contributed by atoms with Gasteiger partial charge in [0, 0.05) is 32.1 Å². The number of nitrogens with one attached hydrogen (secondary N) is 1. The largest absolute Gasteiger partial charge is 0.385 e. The van der Waals surface area contributed by atoms with E-state index in [9.17, 15) is 9.90 Å². The Balaban J connectivity index is 1.57. The third-order valence-corrected chi connectivity index (χ3v) is 6.94. The van der Waals surface area contributed by atoms with Crippen molar-refractivity contribution in [3.8, 4) is 0 Å². The first-order valence-corrected chi connectivity index (χ1v) is 11.5. The number of amides is 1. The Morgan fingerprint density at radius 2 is 1.76 bits per heavy atom. The number of nitrogens with zero attached hydrogens (tertiary/aromatic N) is 1. The van der Waals surface area contributed by atoms with E-state index < -0.39 is 5.60 Å². The van der Waals surface area contributed by atoms with Gasteiger partial charge in [0.25, 0.3) is 0 Å². The van der Waals surface area contributed by atoms with Crippen molar-refractivity contribution >= 4 is 12.0 Å². The van der Waals surface area contributed by atoms with Crippen molar-refractivity contribution in [3.63, 3.8) is 0 Å². The van der Waals surface area contributed by atoms with Gasteiger partial charge < -0.3 is 10.4 Å². The highest BCUT2D eigenvalue weighted by molar-refractivity contribution is 5.73. The van der Waals surface area contributed by atoms with Crippen LogP contribution in [0.15, 0.2) is 29.8 Å². The molecule has 4 heteroatoms. The lowest BCUT2D eigenvalue weighted by atomic mass is 9.77. The van der Waals surface area contributed by atoms with Crippen LogP contribution in [0.2, 0.25) is 0 Å². The zero-order chi connectivity index (χ0) is 20.9. The minimum absolute atomic E-state index is 0.0172. The van der Waals surface area contributed by atoms with E-state index in [1.165, 1.54) is 37.1 Å². The van der Waals surface area contributed by atoms with E-state index in [1.807, 2.05) is 0 Å². The molecule has 0 radical (unpaired) electrons. The lowest BCUT2D eigenvalue weighted by Crippen LogP contribution is -2.41. The molecule has 2 N–H and O–H groups in total. The molecule has 3 rings (SSSR count). The van der Waals surface area contributed by atoms with Gasteiger partial charge in [-0.2, -0.15) is 0 Å². The molecule has 2 aliphatic rings. The first kappa shape index (κ1) is 22.0. The van der Waals surface area contributed by atoms with E-state index >= 15 is 0 Å². The maximum Gasteiger partial charge on any atom is 0.217 e. The number of aliphatic hydroxyl groups is 1. The van der Waals surface area contributed by atoms with E-state index in [-0.39, 0.29) is 11.9 Å². The van der Waals surface area contributed by atoms with Gasteiger partial charge in [0.05, 0.1) is 5.60 Å². The monoisotopic (exact) mass is 398 g/mol. The number of piperidine rings is 1. The average molecular weight is 399 g/mol. The number of carbonyl (C=O) groups excluding carboxylic acids is 1. The number of hydrogen-bond donors (Lipinski definition) is 2. The summed E-state index contributed by atoms with van der Waals surface area (Å²) in [5, 5.41) is 14.1. The van der Waals surface area contributed by atoms with E-state index in [0.717, 1.165) is 37.3 Å². The number of rotatable bonds is 6. The van der Waals surface area contributed by atoms with Gasteiger partial charge in [-0.15, -0.1) is 0 Å². The van der Waals surface area contributed by atoms with E-state index in [4.69, 9.17) is 0 Å². The standard InChI is InChI=1S/C25H38N2O2/c1-4-24(5-2)27-16-12-21(13-17-27)18-20-6-8-22(9-7-20)25(29)14-10-23(11-15-25)26-19(3)28/h6-9,18,23-24,29H,4-5,10-17H2,1-3H3,(H,26,28). The molecule has 1 aromatic rings. The fourth-order valence-corrected chi connectivity index (χ4v) is 5.07. The highest BCUT2D eigenvalue weighted by atomic mass is 16.3. The topological polar surface area (TPSA) is 52.6 Å². The van der Waals surface area contributed by atoms with Gasteiger partial charge in [0.15, 0.2) is 0 Å². The Morgan fingerprint density at radius 1 is 1.17 bits per heavy atom. The summed E-state index contributed by atoms with van der Waals surface area (Å²) in [7, 11) is 0. The van der Waals surface area contributed by atoms with E-state index in [0.29, 0.717) is 12.8 Å². The normalized spacial score (nSPS) is 25.8. The van der Waals surface area contributed by atoms with Gasteiger partial charge in [0.2, 0.25) is 5.91 Å². The van der Waals surface area contributed by atoms with Crippen LogP contribution >= 0.6 is 0 Å². The molecule has 1 saturated heterocycles. The molecule has 1 aromatic carbocycles. The Labute approximate surface area is 176 Å². The molecule has 0 aromatic heterocycles. The highest BCUT2D eigenvalue weighted by Crippen LogP contribution is 2.37. The molecule has 0 atom stereocenters. The van der Waals surface area contributed by atoms with Crippen molar-refractivity contribution in [2.45, 2.75) is 89.8 Å². The maximum atomic E-state index is 11.2. The van der Waals surface area contributed by atoms with Crippen molar-refractivity contribution in [1.82, 2.24) is 10.2 Å². The van der Waals surface area contributed by atoms with Crippen LogP contribution in [0.5, 0.6) is 0 Å². The summed E-state index contributed by atoms with van der Waals surface area (Å²) in [6.07, 6.45) is 10.2. The molecule has 0 bridgehead atoms. The molecule has 0 unspecified atom stereocenters. The third-order valence-electron chi connectivity index (χ3n) is 6.94. The number of likely N-dealkylation sites (tertiary alicyclic amines) is 1. The smallest absolute Gasteiger partial charge is 0.217 e. The Kier molecular flexibility index (Phi) is 7.53. The lowest BCUT2D eigenvalue weighted by Gasteiger charge is -2.36. The fourth-order valence-electron chi connectivity index (χ4n) is 5.07. The zero-order valence-corrected chi connectivity index (χ0v) is 18.4. The fraction of sp³-hybridized carbons (Fsp3) is 0.640. The highest BCUT2D eigenvalue weighted by Gasteiger charge is 2.34. The van der Waals surface area contributed by atoms with Crippen molar-refractivity contribution in [2.75, 3.05) is 13.1 Å². The van der Waals surface area contributed by atoms with Crippen LogP contribution in [0.25, 0.3) is 6.08 Å². The summed E-state index contributed by atoms with van der Waals surface area (Å²) < 4.78 is 0. The number of benzene rings is 1. The molecule has 29 heavy (non-hydrogen) atoms. The van der Waals surface area contributed by atoms with Crippen LogP contribution in [-0.2, 0) is 10.4 Å². The molecule has 4 nitrogen and oxygen atoms in total. The molecule has 160 valence electrons. The van der Waals surface area contributed by atoms with Gasteiger partial charge in [-0.25, -0.2) is 0 Å². The van der Waals surface area contributed by atoms with Gasteiger partial charge in [-0.05, 0) is 62.5 Å². The second-order valence-corrected chi connectivity index (χ2v) is 8.94. The van der Waals surface area contributed by atoms with E-state index in [1.54, 1.807) is 6.92 Å². The molecule has 1 aliphatic carbocycles. The first-order chi connectivity index (χ1) is 13.9. The van der Waals surface area contributed by atoms with Crippen LogP contribution in [0.4, 0.5) is 0 Å². The third kappa shape index (κ3) is 5.70. The predicted octanol–water partition coefficient (Wildman–Crippen LogP) is 4.62. The molecule has 1 heterocycles. The molecular weight excluding hydrogens is 360 g/mol. The summed E-state index contributed by atoms with van der Waals surface area (Å²) in [5.74, 6) is 0.0172. The Bertz CT molecular complexity index is 688. The Morgan fingerprint density at radius 3 is 2.28 bits per heavy atom. The SMILES string of the molecule is CCC(CC)N1CCC(=Cc2ccc(C3(O)CCC(NC(C)=O)CC3)cc2)CC1. The molecular formula is C25H38N2O2. The molecule has 1 amide bonds. The maximum absolute atomic E-state index is 11.2. The minimum atomic E-state index is -0.763. The van der Waals surface area contributed by atoms with Crippen molar-refractivity contribution < 1.29 is 9.90 Å². The van der Waals surface area contributed by atoms with Gasteiger partial charge >= 0.3 is 0 Å². The zero-order valence-electron chi connectivity index (χ0n) is 18.4. The second kappa shape index (κ2) is 9.90. The van der Waals surface area contributed by atoms with Crippen LogP contribution in [-0.4, -0.2) is 41.1 Å². The average Bonchev–Trinajstić information content (AvgIpc) is 2.72. The second-order valence-electron chi connectivity index (χ2n) is 8.94. The van der Waals surface area contributed by atoms with Crippen molar-refractivity contribution in [3.05, 3.63) is 41.0 Å². The van der Waals surface area contributed by atoms with Gasteiger partial charge in [0.1, 0.15) is 0 Å². The van der Waals surface area contributed by atoms with Gasteiger partial charge in [-0.1, -0.05) is 49.8 Å². The van der Waals surface area contributed by atoms with Crippen molar-refractivity contribution in [2.24, 2.45) is 0 Å². The van der Waals surface area contributed by atoms with Crippen LogP contribution in [0, 0.1) is 0 Å². The minimum Gasteiger partial charge on any atom is -0.385 e. The predicted molar refractivity (Wildman–Crippen MR) is 120 cm³/mol. The van der Waals surface area contributed by atoms with Crippen molar-refractivity contribution in [1.29, 1.82) is 0 Å². The summed E-state index contributed by atoms with van der Waals surface area (Å²) in [6.45, 7) is 8.49. The van der Waals surface area contributed by atoms with Gasteiger partial charge in [-0.3, -0.25) is 9.69 Å². The molecule has 0 spiro atoms. The quantitative estimate of drug-likeness (QED) is 0.735. The van der Waals surface area contributed by atoms with E-state index in [2.05, 4.69) is 54.4 Å². The van der Waals surface area contributed by atoms with Crippen LogP contribution in [0.3, 0.4) is 0 Å². The summed E-state index contributed by atoms with van der Waals surface area (Å²) in [5.41, 5.74) is 3.01. The molecule has 2 fully saturated rings. The molecule has 1 aliphatic heterocycles. The summed E-state index contributed by atoms with van der Waals surface area (Å²) in [4.78, 5) is 13.9. The summed E-state index contributed by atoms with van der Waals surface area (Å²) >= 11 is 0. The first-order valence-electron chi connectivity index (χ1n) is 11.5. The molecule has 1 saturated carbocycles. The Hall–Kier alpha value is -1.65. The lowest BCUT2D eigenvalue weighted by molar-refractivity contribution is -0.120.